The Kier molecular flexibility index (Phi) is 3.57. The van der Waals surface area contributed by atoms with Gasteiger partial charge in [0.2, 0.25) is 0 Å². The van der Waals surface area contributed by atoms with Crippen LogP contribution in [-0.2, 0) is 0 Å². The number of nitro groups is 1. The molecule has 0 heterocycles. The maximum Gasteiger partial charge on any atom is 0.269 e. The number of amides is 1. The molecule has 1 aromatic rings. The van der Waals surface area contributed by atoms with Gasteiger partial charge in [-0.25, -0.2) is 0 Å². The van der Waals surface area contributed by atoms with Crippen molar-refractivity contribution in [3.63, 3.8) is 0 Å². The highest BCUT2D eigenvalue weighted by molar-refractivity contribution is 5.94. The van der Waals surface area contributed by atoms with E-state index in [-0.39, 0.29) is 11.6 Å². The van der Waals surface area contributed by atoms with Gasteiger partial charge >= 0.3 is 0 Å². The Hall–Kier alpha value is -2.37. The van der Waals surface area contributed by atoms with E-state index in [0.29, 0.717) is 5.56 Å². The minimum absolute atomic E-state index is 0.0296. The van der Waals surface area contributed by atoms with Gasteiger partial charge in [0.25, 0.3) is 11.6 Å². The Balaban J connectivity index is 1.94. The van der Waals surface area contributed by atoms with E-state index < -0.39 is 4.92 Å². The number of rotatable bonds is 4. The zero-order chi connectivity index (χ0) is 13.0. The Bertz CT molecular complexity index is 494. The van der Waals surface area contributed by atoms with Crippen molar-refractivity contribution in [2.24, 2.45) is 0 Å². The van der Waals surface area contributed by atoms with Crippen molar-refractivity contribution in [2.75, 3.05) is 0 Å². The lowest BCUT2D eigenvalue weighted by molar-refractivity contribution is -0.384. The van der Waals surface area contributed by atoms with Gasteiger partial charge in [-0.15, -0.1) is 0 Å². The topological polar surface area (TPSA) is 84.3 Å². The number of allylic oxidation sites excluding steroid dienone is 2. The summed E-state index contributed by atoms with van der Waals surface area (Å²) in [6, 6.07) is 5.48. The summed E-state index contributed by atoms with van der Waals surface area (Å²) in [7, 11) is 0. The van der Waals surface area contributed by atoms with Gasteiger partial charge in [0.1, 0.15) is 0 Å². The monoisotopic (exact) mass is 247 g/mol. The molecule has 1 aliphatic rings. The highest BCUT2D eigenvalue weighted by Crippen LogP contribution is 2.14. The molecule has 0 bridgehead atoms. The molecule has 1 aromatic carbocycles. The summed E-state index contributed by atoms with van der Waals surface area (Å²) in [5.41, 5.74) is 6.76. The average Bonchev–Trinajstić information content (AvgIpc) is 2.89. The van der Waals surface area contributed by atoms with Crippen LogP contribution in [0.3, 0.4) is 0 Å². The summed E-state index contributed by atoms with van der Waals surface area (Å²) in [5.74, 6) is -0.308. The normalized spacial score (nSPS) is 13.9. The number of nitrogens with one attached hydrogen (secondary N) is 2. The van der Waals surface area contributed by atoms with Crippen molar-refractivity contribution < 1.29 is 9.72 Å². The molecule has 0 atom stereocenters. The molecule has 6 nitrogen and oxygen atoms in total. The van der Waals surface area contributed by atoms with Crippen molar-refractivity contribution >= 4 is 11.6 Å². The molecular formula is C12H13N3O3. The van der Waals surface area contributed by atoms with Gasteiger partial charge in [-0.05, 0) is 31.4 Å². The fourth-order valence-corrected chi connectivity index (χ4v) is 1.73. The van der Waals surface area contributed by atoms with Crippen molar-refractivity contribution in [3.8, 4) is 0 Å². The van der Waals surface area contributed by atoms with Crippen LogP contribution in [0.5, 0.6) is 0 Å². The number of non-ortho nitro benzene ring substituents is 1. The van der Waals surface area contributed by atoms with E-state index in [1.165, 1.54) is 24.3 Å². The maximum atomic E-state index is 11.7. The third-order valence-corrected chi connectivity index (χ3v) is 2.72. The van der Waals surface area contributed by atoms with Gasteiger partial charge in [0.05, 0.1) is 4.92 Å². The molecule has 0 radical (unpaired) electrons. The molecule has 18 heavy (non-hydrogen) atoms. The number of hydrogen-bond donors (Lipinski definition) is 2. The zero-order valence-corrected chi connectivity index (χ0v) is 9.68. The lowest BCUT2D eigenvalue weighted by Gasteiger charge is -2.08. The van der Waals surface area contributed by atoms with E-state index in [2.05, 4.69) is 10.9 Å². The van der Waals surface area contributed by atoms with Crippen LogP contribution in [0.25, 0.3) is 0 Å². The van der Waals surface area contributed by atoms with Crippen LogP contribution in [0.2, 0.25) is 0 Å². The molecule has 0 spiro atoms. The van der Waals surface area contributed by atoms with Crippen LogP contribution >= 0.6 is 0 Å². The van der Waals surface area contributed by atoms with Crippen molar-refractivity contribution in [1.82, 2.24) is 10.9 Å². The van der Waals surface area contributed by atoms with Crippen LogP contribution in [0, 0.1) is 10.1 Å². The third-order valence-electron chi connectivity index (χ3n) is 2.72. The molecule has 0 saturated heterocycles. The summed E-state index contributed by atoms with van der Waals surface area (Å²) in [5, 5.41) is 10.5. The Morgan fingerprint density at radius 1 is 1.28 bits per heavy atom. The number of benzene rings is 1. The summed E-state index contributed by atoms with van der Waals surface area (Å²) >= 11 is 0. The third kappa shape index (κ3) is 2.85. The number of carbonyl (C=O) groups is 1. The van der Waals surface area contributed by atoms with E-state index in [9.17, 15) is 14.9 Å². The molecule has 0 unspecified atom stereocenters. The molecule has 2 N–H and O–H groups in total. The van der Waals surface area contributed by atoms with Crippen LogP contribution in [-0.4, -0.2) is 10.8 Å². The van der Waals surface area contributed by atoms with Crippen LogP contribution in [0.15, 0.2) is 36.0 Å². The number of nitrogens with zero attached hydrogens (tertiary/aromatic N) is 1. The number of nitro benzene ring substituents is 1. The predicted octanol–water partition coefficient (Wildman–Crippen LogP) is 1.90. The summed E-state index contributed by atoms with van der Waals surface area (Å²) in [6.45, 7) is 0. The Morgan fingerprint density at radius 3 is 2.56 bits per heavy atom. The Morgan fingerprint density at radius 2 is 2.00 bits per heavy atom. The van der Waals surface area contributed by atoms with Crippen LogP contribution in [0.1, 0.15) is 29.6 Å². The lowest BCUT2D eigenvalue weighted by Crippen LogP contribution is -2.36. The quantitative estimate of drug-likeness (QED) is 0.628. The van der Waals surface area contributed by atoms with Crippen LogP contribution < -0.4 is 10.9 Å². The number of carbonyl (C=O) groups excluding carboxylic acids is 1. The zero-order valence-electron chi connectivity index (χ0n) is 9.68. The first-order valence-electron chi connectivity index (χ1n) is 5.66. The molecule has 94 valence electrons. The fraction of sp³-hybridized carbons (Fsp3) is 0.250. The molecule has 0 saturated carbocycles. The van der Waals surface area contributed by atoms with Crippen molar-refractivity contribution in [3.05, 3.63) is 51.7 Å². The van der Waals surface area contributed by atoms with Gasteiger partial charge in [-0.2, -0.15) is 0 Å². The van der Waals surface area contributed by atoms with Gasteiger partial charge in [-0.1, -0.05) is 6.08 Å². The number of hydrogen-bond acceptors (Lipinski definition) is 4. The molecule has 0 aliphatic heterocycles. The minimum atomic E-state index is -0.497. The smallest absolute Gasteiger partial charge is 0.269 e. The highest BCUT2D eigenvalue weighted by Gasteiger charge is 2.10. The van der Waals surface area contributed by atoms with Gasteiger partial charge < -0.3 is 5.43 Å². The largest absolute Gasteiger partial charge is 0.303 e. The molecule has 0 aromatic heterocycles. The first-order chi connectivity index (χ1) is 8.66. The van der Waals surface area contributed by atoms with Crippen molar-refractivity contribution in [1.29, 1.82) is 0 Å². The summed E-state index contributed by atoms with van der Waals surface area (Å²) in [6.07, 6.45) is 5.09. The number of hydrazine groups is 1. The summed E-state index contributed by atoms with van der Waals surface area (Å²) in [4.78, 5) is 21.7. The van der Waals surface area contributed by atoms with Gasteiger partial charge in [0.15, 0.2) is 0 Å². The van der Waals surface area contributed by atoms with E-state index in [1.54, 1.807) is 0 Å². The highest BCUT2D eigenvalue weighted by atomic mass is 16.6. The summed E-state index contributed by atoms with van der Waals surface area (Å²) < 4.78 is 0. The van der Waals surface area contributed by atoms with E-state index >= 15 is 0 Å². The second-order valence-electron chi connectivity index (χ2n) is 4.00. The lowest BCUT2D eigenvalue weighted by atomic mass is 10.2. The van der Waals surface area contributed by atoms with E-state index in [1.807, 2.05) is 6.08 Å². The minimum Gasteiger partial charge on any atom is -0.303 e. The molecule has 0 fully saturated rings. The Labute approximate surface area is 104 Å². The molecule has 2 rings (SSSR count). The van der Waals surface area contributed by atoms with Gasteiger partial charge in [-0.3, -0.25) is 20.3 Å². The fourth-order valence-electron chi connectivity index (χ4n) is 1.73. The predicted molar refractivity (Wildman–Crippen MR) is 65.6 cm³/mol. The average molecular weight is 247 g/mol. The van der Waals surface area contributed by atoms with Crippen LogP contribution in [0.4, 0.5) is 5.69 Å². The second-order valence-corrected chi connectivity index (χ2v) is 4.00. The first-order valence-corrected chi connectivity index (χ1v) is 5.66. The van der Waals surface area contributed by atoms with E-state index in [0.717, 1.165) is 25.0 Å². The van der Waals surface area contributed by atoms with Crippen molar-refractivity contribution in [2.45, 2.75) is 19.3 Å². The first kappa shape index (κ1) is 12.1. The molecular weight excluding hydrogens is 234 g/mol. The van der Waals surface area contributed by atoms with E-state index in [4.69, 9.17) is 0 Å². The van der Waals surface area contributed by atoms with Gasteiger partial charge in [0, 0.05) is 23.4 Å². The SMILES string of the molecule is O=C(NNC1=CCCC1)c1ccc([N+](=O)[O-])cc1. The molecule has 1 amide bonds. The second kappa shape index (κ2) is 5.31. The molecule has 6 heteroatoms. The maximum absolute atomic E-state index is 11.7. The standard InChI is InChI=1S/C12H13N3O3/c16-12(14-13-10-3-1-2-4-10)9-5-7-11(8-6-9)15(17)18/h3,5-8,13H,1-2,4H2,(H,14,16). The molecule has 1 aliphatic carbocycles.